The van der Waals surface area contributed by atoms with Crippen LogP contribution in [0.5, 0.6) is 0 Å². The van der Waals surface area contributed by atoms with Gasteiger partial charge >= 0.3 is 5.97 Å². The fourth-order valence-electron chi connectivity index (χ4n) is 3.32. The maximum Gasteiger partial charge on any atom is 0.322 e. The van der Waals surface area contributed by atoms with Crippen molar-refractivity contribution >= 4 is 38.4 Å². The molecular weight excluding hydrogens is 420 g/mol. The Morgan fingerprint density at radius 2 is 1.71 bits per heavy atom. The van der Waals surface area contributed by atoms with Crippen molar-refractivity contribution < 1.29 is 23.1 Å². The molecule has 9 nitrogen and oxygen atoms in total. The minimum atomic E-state index is -4.18. The number of piperidine rings is 1. The quantitative estimate of drug-likeness (QED) is 0.498. The Morgan fingerprint density at radius 3 is 2.19 bits per heavy atom. The number of amides is 1. The van der Waals surface area contributed by atoms with Crippen LogP contribution < -0.4 is 20.7 Å². The predicted octanol–water partition coefficient (Wildman–Crippen LogP) is 1.27. The van der Waals surface area contributed by atoms with E-state index < -0.39 is 34.4 Å². The van der Waals surface area contributed by atoms with Crippen LogP contribution in [0, 0.1) is 0 Å². The Morgan fingerprint density at radius 1 is 1.10 bits per heavy atom. The van der Waals surface area contributed by atoms with Crippen molar-refractivity contribution in [1.29, 1.82) is 0 Å². The third kappa shape index (κ3) is 6.91. The van der Waals surface area contributed by atoms with Gasteiger partial charge in [-0.2, -0.15) is 4.72 Å². The minimum absolute atomic E-state index is 0.0654. The number of carboxylic acids is 1. The lowest BCUT2D eigenvalue weighted by atomic mass is 10.1. The molecule has 1 aliphatic rings. The van der Waals surface area contributed by atoms with Crippen LogP contribution in [0.3, 0.4) is 0 Å². The van der Waals surface area contributed by atoms with Gasteiger partial charge in [-0.15, -0.1) is 0 Å². The first-order chi connectivity index (χ1) is 14.6. The molecule has 0 unspecified atom stereocenters. The SMILES string of the molecule is C1CCNCC1.CN(C)c1cccc2c(S(=O)(=O)N[C@@H](CC(N)=O)C(=O)O)cccc12. The zero-order chi connectivity index (χ0) is 23.0. The van der Waals surface area contributed by atoms with Crippen molar-refractivity contribution in [3.8, 4) is 0 Å². The predicted molar refractivity (Wildman–Crippen MR) is 121 cm³/mol. The van der Waals surface area contributed by atoms with Gasteiger partial charge in [0, 0.05) is 30.6 Å². The molecule has 170 valence electrons. The van der Waals surface area contributed by atoms with Crippen LogP contribution in [0.1, 0.15) is 25.7 Å². The number of carboxylic acid groups (broad SMARTS) is 1. The number of nitrogens with two attached hydrogens (primary N) is 1. The number of anilines is 1. The molecule has 2 aromatic rings. The normalized spacial score (nSPS) is 14.9. The van der Waals surface area contributed by atoms with Crippen LogP contribution in [0.4, 0.5) is 5.69 Å². The van der Waals surface area contributed by atoms with Gasteiger partial charge < -0.3 is 21.1 Å². The van der Waals surface area contributed by atoms with Gasteiger partial charge in [-0.05, 0) is 38.1 Å². The van der Waals surface area contributed by atoms with Gasteiger partial charge in [-0.3, -0.25) is 9.59 Å². The lowest BCUT2D eigenvalue weighted by Gasteiger charge is -2.18. The van der Waals surface area contributed by atoms with Crippen molar-refractivity contribution in [2.24, 2.45) is 5.73 Å². The Hall–Kier alpha value is -2.69. The molecule has 1 fully saturated rings. The Bertz CT molecular complexity index is 1010. The van der Waals surface area contributed by atoms with Crippen molar-refractivity contribution in [3.63, 3.8) is 0 Å². The second kappa shape index (κ2) is 11.1. The third-order valence-corrected chi connectivity index (χ3v) is 6.37. The van der Waals surface area contributed by atoms with Crippen LogP contribution in [0.15, 0.2) is 41.3 Å². The van der Waals surface area contributed by atoms with E-state index >= 15 is 0 Å². The molecule has 1 aliphatic heterocycles. The molecule has 1 atom stereocenters. The molecule has 5 N–H and O–H groups in total. The lowest BCUT2D eigenvalue weighted by Crippen LogP contribution is -2.43. The number of nitrogens with one attached hydrogen (secondary N) is 2. The zero-order valence-electron chi connectivity index (χ0n) is 17.8. The molecular formula is C21H30N4O5S. The standard InChI is InChI=1S/C16H19N3O5S.C5H11N/c1-19(2)13-7-3-6-11-10(13)5-4-8-14(11)25(23,24)18-12(16(21)22)9-15(17)20;1-2-4-6-5-3-1/h3-8,12,18H,9H2,1-2H3,(H2,17,20)(H,21,22);6H,1-5H2/t12-;/m0./s1. The molecule has 0 saturated carbocycles. The summed E-state index contributed by atoms with van der Waals surface area (Å²) in [5.41, 5.74) is 5.81. The number of carbonyl (C=O) groups excluding carboxylic acids is 1. The van der Waals surface area contributed by atoms with Crippen LogP contribution in [-0.2, 0) is 19.6 Å². The summed E-state index contributed by atoms with van der Waals surface area (Å²) in [4.78, 5) is 24.0. The van der Waals surface area contributed by atoms with Gasteiger partial charge in [0.1, 0.15) is 6.04 Å². The minimum Gasteiger partial charge on any atom is -0.480 e. The van der Waals surface area contributed by atoms with E-state index in [1.165, 1.54) is 38.4 Å². The summed E-state index contributed by atoms with van der Waals surface area (Å²) >= 11 is 0. The number of benzene rings is 2. The molecule has 2 aromatic carbocycles. The number of aliphatic carboxylic acids is 1. The van der Waals surface area contributed by atoms with Crippen molar-refractivity contribution in [3.05, 3.63) is 36.4 Å². The monoisotopic (exact) mass is 450 g/mol. The molecule has 0 spiro atoms. The van der Waals surface area contributed by atoms with E-state index in [-0.39, 0.29) is 4.90 Å². The van der Waals surface area contributed by atoms with Gasteiger partial charge in [-0.25, -0.2) is 8.42 Å². The van der Waals surface area contributed by atoms with E-state index in [0.29, 0.717) is 10.8 Å². The topological polar surface area (TPSA) is 142 Å². The zero-order valence-corrected chi connectivity index (χ0v) is 18.6. The number of fused-ring (bicyclic) bond motifs is 1. The molecule has 0 bridgehead atoms. The van der Waals surface area contributed by atoms with E-state index in [9.17, 15) is 18.0 Å². The molecule has 0 aromatic heterocycles. The summed E-state index contributed by atoms with van der Waals surface area (Å²) in [6.45, 7) is 2.50. The number of hydrogen-bond acceptors (Lipinski definition) is 6. The molecule has 1 amide bonds. The molecule has 31 heavy (non-hydrogen) atoms. The van der Waals surface area contributed by atoms with E-state index in [1.54, 1.807) is 24.3 Å². The summed E-state index contributed by atoms with van der Waals surface area (Å²) < 4.78 is 27.4. The maximum atomic E-state index is 12.7. The van der Waals surface area contributed by atoms with Gasteiger partial charge in [-0.1, -0.05) is 30.7 Å². The third-order valence-electron chi connectivity index (χ3n) is 4.84. The molecule has 1 heterocycles. The summed E-state index contributed by atoms with van der Waals surface area (Å²) in [7, 11) is -0.507. The first-order valence-corrected chi connectivity index (χ1v) is 11.5. The Balaban J connectivity index is 0.000000488. The summed E-state index contributed by atoms with van der Waals surface area (Å²) in [5.74, 6) is -2.39. The van der Waals surface area contributed by atoms with Crippen molar-refractivity contribution in [2.45, 2.75) is 36.6 Å². The molecule has 1 saturated heterocycles. The summed E-state index contributed by atoms with van der Waals surface area (Å²) in [6, 6.07) is 8.31. The Labute approximate surface area is 182 Å². The summed E-state index contributed by atoms with van der Waals surface area (Å²) in [5, 5.41) is 13.6. The van der Waals surface area contributed by atoms with Crippen LogP contribution >= 0.6 is 0 Å². The van der Waals surface area contributed by atoms with E-state index in [2.05, 4.69) is 5.32 Å². The van der Waals surface area contributed by atoms with Gasteiger partial charge in [0.2, 0.25) is 15.9 Å². The molecule has 10 heteroatoms. The average molecular weight is 451 g/mol. The molecule has 3 rings (SSSR count). The highest BCUT2D eigenvalue weighted by Crippen LogP contribution is 2.30. The largest absolute Gasteiger partial charge is 0.480 e. The second-order valence-electron chi connectivity index (χ2n) is 7.52. The first kappa shape index (κ1) is 24.6. The lowest BCUT2D eigenvalue weighted by molar-refractivity contribution is -0.140. The van der Waals surface area contributed by atoms with Crippen molar-refractivity contribution in [2.75, 3.05) is 32.1 Å². The Kier molecular flexibility index (Phi) is 8.78. The number of hydrogen-bond donors (Lipinski definition) is 4. The van der Waals surface area contributed by atoms with E-state index in [4.69, 9.17) is 10.8 Å². The smallest absolute Gasteiger partial charge is 0.322 e. The molecule has 0 radical (unpaired) electrons. The number of primary amides is 1. The van der Waals surface area contributed by atoms with Gasteiger partial charge in [0.05, 0.1) is 11.3 Å². The van der Waals surface area contributed by atoms with Crippen molar-refractivity contribution in [1.82, 2.24) is 10.0 Å². The van der Waals surface area contributed by atoms with Crippen LogP contribution in [0.2, 0.25) is 0 Å². The maximum absolute atomic E-state index is 12.7. The fourth-order valence-corrected chi connectivity index (χ4v) is 4.73. The van der Waals surface area contributed by atoms with Gasteiger partial charge in [0.25, 0.3) is 0 Å². The van der Waals surface area contributed by atoms with E-state index in [0.717, 1.165) is 5.69 Å². The highest BCUT2D eigenvalue weighted by molar-refractivity contribution is 7.89. The number of rotatable bonds is 7. The number of sulfonamides is 1. The first-order valence-electron chi connectivity index (χ1n) is 10.1. The van der Waals surface area contributed by atoms with Crippen LogP contribution in [-0.4, -0.2) is 58.6 Å². The highest BCUT2D eigenvalue weighted by atomic mass is 32.2. The number of nitrogens with zero attached hydrogens (tertiary/aromatic N) is 1. The highest BCUT2D eigenvalue weighted by Gasteiger charge is 2.28. The number of carbonyl (C=O) groups is 2. The van der Waals surface area contributed by atoms with Crippen LogP contribution in [0.25, 0.3) is 10.8 Å². The average Bonchev–Trinajstić information content (AvgIpc) is 2.73. The molecule has 0 aliphatic carbocycles. The fraction of sp³-hybridized carbons (Fsp3) is 0.429. The van der Waals surface area contributed by atoms with E-state index in [1.807, 2.05) is 29.8 Å². The summed E-state index contributed by atoms with van der Waals surface area (Å²) in [6.07, 6.45) is 3.58. The second-order valence-corrected chi connectivity index (χ2v) is 9.20. The van der Waals surface area contributed by atoms with Gasteiger partial charge in [0.15, 0.2) is 0 Å².